The first-order chi connectivity index (χ1) is 10.3. The monoisotopic (exact) mass is 308 g/mol. The summed E-state index contributed by atoms with van der Waals surface area (Å²) in [5.74, 6) is 0.758. The van der Waals surface area contributed by atoms with Gasteiger partial charge in [0.15, 0.2) is 0 Å². The second kappa shape index (κ2) is 6.90. The fourth-order valence-corrected chi connectivity index (χ4v) is 3.88. The maximum absolute atomic E-state index is 12.7. The molecule has 4 nitrogen and oxygen atoms in total. The molecule has 2 fully saturated rings. The summed E-state index contributed by atoms with van der Waals surface area (Å²) in [7, 11) is 0. The van der Waals surface area contributed by atoms with E-state index in [0.29, 0.717) is 5.92 Å². The van der Waals surface area contributed by atoms with Crippen LogP contribution in [0.3, 0.4) is 0 Å². The molecule has 2 aliphatic rings. The lowest BCUT2D eigenvalue weighted by Crippen LogP contribution is -2.35. The van der Waals surface area contributed by atoms with Gasteiger partial charge in [-0.15, -0.1) is 0 Å². The number of amides is 1. The van der Waals surface area contributed by atoms with Crippen LogP contribution in [0.5, 0.6) is 0 Å². The van der Waals surface area contributed by atoms with E-state index in [-0.39, 0.29) is 18.1 Å². The molecule has 0 spiro atoms. The van der Waals surface area contributed by atoms with Gasteiger partial charge in [0, 0.05) is 19.1 Å². The first-order valence-corrected chi connectivity index (χ1v) is 8.90. The molecule has 0 saturated carbocycles. The van der Waals surface area contributed by atoms with Crippen molar-refractivity contribution in [2.24, 2.45) is 5.92 Å². The minimum Gasteiger partial charge on any atom is -0.381 e. The maximum Gasteiger partial charge on any atom is 0.241 e. The van der Waals surface area contributed by atoms with E-state index in [1.807, 2.05) is 4.90 Å². The summed E-state index contributed by atoms with van der Waals surface area (Å²) in [6.07, 6.45) is 4.28. The Balaban J connectivity index is 1.73. The molecule has 1 N–H and O–H groups in total. The standard InChI is InChI=1S/C16H24N2O2S/c1-2-3-4-14-16(19)18(9-12-5-7-20-10-12)15(17-14)13-6-8-21-11-13/h6,8,11-12,14-15,17H,2-5,7,9-10H2,1H3. The van der Waals surface area contributed by atoms with Gasteiger partial charge in [-0.2, -0.15) is 11.3 Å². The lowest BCUT2D eigenvalue weighted by molar-refractivity contribution is -0.130. The van der Waals surface area contributed by atoms with E-state index in [1.54, 1.807) is 11.3 Å². The lowest BCUT2D eigenvalue weighted by Gasteiger charge is -2.26. The van der Waals surface area contributed by atoms with Crippen molar-refractivity contribution in [2.75, 3.05) is 19.8 Å². The number of unbranched alkanes of at least 4 members (excludes halogenated alkanes) is 1. The molecule has 0 bridgehead atoms. The van der Waals surface area contributed by atoms with Gasteiger partial charge in [0.2, 0.25) is 5.91 Å². The number of carbonyl (C=O) groups is 1. The number of nitrogens with zero attached hydrogens (tertiary/aromatic N) is 1. The Kier molecular flexibility index (Phi) is 4.93. The Hall–Kier alpha value is -0.910. The first-order valence-electron chi connectivity index (χ1n) is 7.96. The van der Waals surface area contributed by atoms with Crippen molar-refractivity contribution >= 4 is 17.2 Å². The van der Waals surface area contributed by atoms with Crippen LogP contribution in [-0.2, 0) is 9.53 Å². The van der Waals surface area contributed by atoms with E-state index in [0.717, 1.165) is 45.4 Å². The number of nitrogens with one attached hydrogen (secondary N) is 1. The van der Waals surface area contributed by atoms with Crippen molar-refractivity contribution < 1.29 is 9.53 Å². The van der Waals surface area contributed by atoms with E-state index < -0.39 is 0 Å². The number of carbonyl (C=O) groups excluding carboxylic acids is 1. The predicted molar refractivity (Wildman–Crippen MR) is 84.1 cm³/mol. The third-order valence-corrected chi connectivity index (χ3v) is 5.14. The smallest absolute Gasteiger partial charge is 0.241 e. The van der Waals surface area contributed by atoms with Crippen LogP contribution in [0.25, 0.3) is 0 Å². The SMILES string of the molecule is CCCCC1NC(c2ccsc2)N(CC2CCOC2)C1=O. The number of hydrogen-bond donors (Lipinski definition) is 1. The highest BCUT2D eigenvalue weighted by Gasteiger charge is 2.40. The number of hydrogen-bond acceptors (Lipinski definition) is 4. The van der Waals surface area contributed by atoms with Crippen LogP contribution in [0.15, 0.2) is 16.8 Å². The molecule has 3 rings (SSSR count). The summed E-state index contributed by atoms with van der Waals surface area (Å²) in [5.41, 5.74) is 1.21. The van der Waals surface area contributed by atoms with E-state index in [2.05, 4.69) is 29.1 Å². The predicted octanol–water partition coefficient (Wildman–Crippen LogP) is 2.77. The van der Waals surface area contributed by atoms with Gasteiger partial charge in [0.25, 0.3) is 0 Å². The summed E-state index contributed by atoms with van der Waals surface area (Å²) in [5, 5.41) is 7.77. The molecular weight excluding hydrogens is 284 g/mol. The fourth-order valence-electron chi connectivity index (χ4n) is 3.20. The zero-order valence-corrected chi connectivity index (χ0v) is 13.4. The quantitative estimate of drug-likeness (QED) is 0.878. The Morgan fingerprint density at radius 3 is 3.10 bits per heavy atom. The first kappa shape index (κ1) is 15.0. The summed E-state index contributed by atoms with van der Waals surface area (Å²) in [6, 6.07) is 2.10. The zero-order chi connectivity index (χ0) is 14.7. The van der Waals surface area contributed by atoms with E-state index in [4.69, 9.17) is 4.74 Å². The fraction of sp³-hybridized carbons (Fsp3) is 0.688. The van der Waals surface area contributed by atoms with Gasteiger partial charge in [0.1, 0.15) is 6.17 Å². The molecule has 116 valence electrons. The van der Waals surface area contributed by atoms with Gasteiger partial charge in [-0.05, 0) is 35.2 Å². The molecule has 1 aromatic rings. The number of rotatable bonds is 6. The molecule has 21 heavy (non-hydrogen) atoms. The van der Waals surface area contributed by atoms with E-state index >= 15 is 0 Å². The third-order valence-electron chi connectivity index (χ3n) is 4.44. The Labute approximate surface area is 130 Å². The highest BCUT2D eigenvalue weighted by Crippen LogP contribution is 2.30. The second-order valence-electron chi connectivity index (χ2n) is 6.04. The highest BCUT2D eigenvalue weighted by atomic mass is 32.1. The van der Waals surface area contributed by atoms with Crippen molar-refractivity contribution in [3.8, 4) is 0 Å². The van der Waals surface area contributed by atoms with Crippen LogP contribution in [-0.4, -0.2) is 36.6 Å². The molecule has 3 unspecified atom stereocenters. The molecule has 0 aromatic carbocycles. The average molecular weight is 308 g/mol. The molecule has 3 atom stereocenters. The minimum absolute atomic E-state index is 0.0165. The van der Waals surface area contributed by atoms with Gasteiger partial charge >= 0.3 is 0 Å². The highest BCUT2D eigenvalue weighted by molar-refractivity contribution is 7.07. The molecular formula is C16H24N2O2S. The average Bonchev–Trinajstić information content (AvgIpc) is 3.21. The molecule has 0 radical (unpaired) electrons. The Morgan fingerprint density at radius 1 is 1.52 bits per heavy atom. The summed E-state index contributed by atoms with van der Waals surface area (Å²) < 4.78 is 5.46. The van der Waals surface area contributed by atoms with E-state index in [1.165, 1.54) is 5.56 Å². The number of thiophene rings is 1. The van der Waals surface area contributed by atoms with E-state index in [9.17, 15) is 4.79 Å². The van der Waals surface area contributed by atoms with Crippen LogP contribution in [0.1, 0.15) is 44.3 Å². The Bertz CT molecular complexity index is 457. The van der Waals surface area contributed by atoms with Gasteiger partial charge in [0.05, 0.1) is 12.6 Å². The molecule has 0 aliphatic carbocycles. The summed E-state index contributed by atoms with van der Waals surface area (Å²) in [6.45, 7) is 4.61. The van der Waals surface area contributed by atoms with Crippen LogP contribution < -0.4 is 5.32 Å². The van der Waals surface area contributed by atoms with Gasteiger partial charge in [-0.3, -0.25) is 10.1 Å². The normalized spacial score (nSPS) is 29.5. The van der Waals surface area contributed by atoms with Crippen molar-refractivity contribution in [1.82, 2.24) is 10.2 Å². The molecule has 3 heterocycles. The minimum atomic E-state index is -0.0165. The largest absolute Gasteiger partial charge is 0.381 e. The molecule has 1 aromatic heterocycles. The van der Waals surface area contributed by atoms with Crippen LogP contribution in [0, 0.1) is 5.92 Å². The molecule has 2 saturated heterocycles. The second-order valence-corrected chi connectivity index (χ2v) is 6.82. The van der Waals surface area contributed by atoms with Crippen LogP contribution >= 0.6 is 11.3 Å². The van der Waals surface area contributed by atoms with Gasteiger partial charge < -0.3 is 9.64 Å². The van der Waals surface area contributed by atoms with Gasteiger partial charge in [-0.25, -0.2) is 0 Å². The van der Waals surface area contributed by atoms with Gasteiger partial charge in [-0.1, -0.05) is 19.8 Å². The molecule has 2 aliphatic heterocycles. The van der Waals surface area contributed by atoms with Crippen molar-refractivity contribution in [3.63, 3.8) is 0 Å². The topological polar surface area (TPSA) is 41.6 Å². The van der Waals surface area contributed by atoms with Crippen LogP contribution in [0.4, 0.5) is 0 Å². The molecule has 5 heteroatoms. The number of ether oxygens (including phenoxy) is 1. The van der Waals surface area contributed by atoms with Crippen LogP contribution in [0.2, 0.25) is 0 Å². The van der Waals surface area contributed by atoms with Crippen molar-refractivity contribution in [3.05, 3.63) is 22.4 Å². The summed E-state index contributed by atoms with van der Waals surface area (Å²) in [4.78, 5) is 14.8. The zero-order valence-electron chi connectivity index (χ0n) is 12.6. The Morgan fingerprint density at radius 2 is 2.43 bits per heavy atom. The lowest BCUT2D eigenvalue weighted by atomic mass is 10.1. The van der Waals surface area contributed by atoms with Crippen molar-refractivity contribution in [1.29, 1.82) is 0 Å². The third kappa shape index (κ3) is 3.30. The maximum atomic E-state index is 12.7. The van der Waals surface area contributed by atoms with Crippen molar-refractivity contribution in [2.45, 2.75) is 44.8 Å². The molecule has 1 amide bonds. The summed E-state index contributed by atoms with van der Waals surface area (Å²) >= 11 is 1.69.